The molecule has 0 spiro atoms. The first-order valence-corrected chi connectivity index (χ1v) is 9.36. The molecule has 1 aliphatic heterocycles. The fourth-order valence-corrected chi connectivity index (χ4v) is 2.52. The van der Waals surface area contributed by atoms with Crippen molar-refractivity contribution in [2.24, 2.45) is 0 Å². The molecule has 2 rings (SSSR count). The van der Waals surface area contributed by atoms with Crippen LogP contribution in [0.2, 0.25) is 0 Å². The molecule has 1 aliphatic rings. The van der Waals surface area contributed by atoms with Crippen LogP contribution in [-0.4, -0.2) is 41.5 Å². The van der Waals surface area contributed by atoms with Gasteiger partial charge in [-0.1, -0.05) is 0 Å². The highest BCUT2D eigenvalue weighted by Gasteiger charge is 2.52. The van der Waals surface area contributed by atoms with Gasteiger partial charge in [0.1, 0.15) is 11.4 Å². The van der Waals surface area contributed by atoms with E-state index in [-0.39, 0.29) is 12.4 Å². The zero-order chi connectivity index (χ0) is 21.3. The molecule has 1 aromatic heterocycles. The van der Waals surface area contributed by atoms with Gasteiger partial charge in [-0.2, -0.15) is 0 Å². The summed E-state index contributed by atoms with van der Waals surface area (Å²) in [5, 5.41) is 2.73. The Bertz CT molecular complexity index is 756. The van der Waals surface area contributed by atoms with E-state index in [1.807, 2.05) is 27.7 Å². The number of hydrogen-bond acceptors (Lipinski definition) is 5. The summed E-state index contributed by atoms with van der Waals surface area (Å²) in [7, 11) is -0.674. The van der Waals surface area contributed by atoms with E-state index in [1.165, 1.54) is 6.07 Å². The number of alkyl carbamates (subject to hydrolysis) is 1. The third kappa shape index (κ3) is 5.55. The molecule has 1 saturated heterocycles. The fraction of sp³-hybridized carbons (Fsp3) is 0.600. The number of aromatic nitrogens is 1. The summed E-state index contributed by atoms with van der Waals surface area (Å²) >= 11 is 0. The predicted octanol–water partition coefficient (Wildman–Crippen LogP) is 4.07. The average Bonchev–Trinajstić information content (AvgIpc) is 2.73. The van der Waals surface area contributed by atoms with E-state index in [9.17, 15) is 9.18 Å². The molecule has 0 atom stereocenters. The first kappa shape index (κ1) is 22.4. The number of halogens is 1. The number of amides is 1. The van der Waals surface area contributed by atoms with E-state index in [0.29, 0.717) is 16.9 Å². The number of nitrogens with zero attached hydrogens (tertiary/aromatic N) is 1. The van der Waals surface area contributed by atoms with Crippen LogP contribution in [0.15, 0.2) is 17.6 Å². The van der Waals surface area contributed by atoms with Gasteiger partial charge in [0.05, 0.1) is 22.6 Å². The number of nitrogens with one attached hydrogen (secondary N) is 1. The summed E-state index contributed by atoms with van der Waals surface area (Å²) in [6.07, 6.45) is 1.20. The molecule has 154 valence electrons. The van der Waals surface area contributed by atoms with Crippen molar-refractivity contribution >= 4 is 19.3 Å². The first-order valence-electron chi connectivity index (χ1n) is 9.36. The highest BCUT2D eigenvalue weighted by Crippen LogP contribution is 2.38. The van der Waals surface area contributed by atoms with Gasteiger partial charge in [0.15, 0.2) is 0 Å². The van der Waals surface area contributed by atoms with Crippen molar-refractivity contribution in [1.29, 1.82) is 0 Å². The summed E-state index contributed by atoms with van der Waals surface area (Å²) in [5.74, 6) is -0.374. The molecule has 0 saturated carbocycles. The molecular weight excluding hydrogens is 362 g/mol. The van der Waals surface area contributed by atoms with Crippen LogP contribution in [0.5, 0.6) is 0 Å². The topological polar surface area (TPSA) is 69.7 Å². The number of carbonyl (C=O) groups excluding carboxylic acids is 1. The minimum absolute atomic E-state index is 0.143. The molecule has 0 aromatic carbocycles. The maximum Gasteiger partial charge on any atom is 0.492 e. The summed E-state index contributed by atoms with van der Waals surface area (Å²) in [5.41, 5.74) is -0.169. The van der Waals surface area contributed by atoms with Crippen LogP contribution in [-0.2, 0) is 14.0 Å². The quantitative estimate of drug-likeness (QED) is 0.783. The highest BCUT2D eigenvalue weighted by molar-refractivity contribution is 6.56. The zero-order valence-corrected chi connectivity index (χ0v) is 18.0. The Morgan fingerprint density at radius 2 is 1.82 bits per heavy atom. The summed E-state index contributed by atoms with van der Waals surface area (Å²) in [6, 6.07) is 2.93. The third-order valence-electron chi connectivity index (χ3n) is 4.77. The van der Waals surface area contributed by atoms with Crippen molar-refractivity contribution in [1.82, 2.24) is 10.3 Å². The zero-order valence-electron chi connectivity index (χ0n) is 18.0. The maximum atomic E-state index is 13.5. The van der Waals surface area contributed by atoms with Gasteiger partial charge in [-0.15, -0.1) is 0 Å². The van der Waals surface area contributed by atoms with E-state index in [2.05, 4.69) is 10.3 Å². The first-order chi connectivity index (χ1) is 12.7. The molecule has 6 nitrogen and oxygen atoms in total. The normalized spacial score (nSPS) is 18.9. The second-order valence-corrected chi connectivity index (χ2v) is 8.97. The Morgan fingerprint density at radius 1 is 1.25 bits per heavy atom. The minimum atomic E-state index is -0.674. The molecule has 1 amide bonds. The fourth-order valence-electron chi connectivity index (χ4n) is 2.52. The minimum Gasteiger partial charge on any atom is -0.444 e. The van der Waals surface area contributed by atoms with Gasteiger partial charge in [-0.3, -0.25) is 4.98 Å². The third-order valence-corrected chi connectivity index (χ3v) is 4.77. The van der Waals surface area contributed by atoms with Crippen molar-refractivity contribution < 1.29 is 23.2 Å². The van der Waals surface area contributed by atoms with Crippen LogP contribution in [0.25, 0.3) is 6.08 Å². The van der Waals surface area contributed by atoms with E-state index in [4.69, 9.17) is 14.0 Å². The lowest BCUT2D eigenvalue weighted by molar-refractivity contribution is 0.00578. The Morgan fingerprint density at radius 3 is 2.32 bits per heavy atom. The molecule has 28 heavy (non-hydrogen) atoms. The molecule has 1 N–H and O–H groups in total. The Kier molecular flexibility index (Phi) is 6.26. The van der Waals surface area contributed by atoms with E-state index in [0.717, 1.165) is 0 Å². The van der Waals surface area contributed by atoms with Gasteiger partial charge in [-0.25, -0.2) is 9.18 Å². The Balaban J connectivity index is 2.27. The number of pyridine rings is 1. The number of rotatable bonds is 4. The smallest absolute Gasteiger partial charge is 0.444 e. The standard InChI is InChI=1S/C20H30BFN2O4/c1-13-16(22)10-9-15(24-13)11-14(12-23-17(25)26-18(2,3)4)21-27-19(5,6)20(7,8)28-21/h9-11H,12H2,1-8H3,(H,23,25). The molecule has 0 bridgehead atoms. The van der Waals surface area contributed by atoms with E-state index >= 15 is 0 Å². The van der Waals surface area contributed by atoms with Gasteiger partial charge in [0, 0.05) is 6.54 Å². The van der Waals surface area contributed by atoms with Gasteiger partial charge >= 0.3 is 13.2 Å². The van der Waals surface area contributed by atoms with Crippen LogP contribution in [0.4, 0.5) is 9.18 Å². The molecule has 1 fully saturated rings. The van der Waals surface area contributed by atoms with Crippen LogP contribution in [0.1, 0.15) is 59.9 Å². The van der Waals surface area contributed by atoms with Gasteiger partial charge in [-0.05, 0) is 79.1 Å². The van der Waals surface area contributed by atoms with Crippen molar-refractivity contribution in [2.45, 2.75) is 72.2 Å². The SMILES string of the molecule is Cc1nc(C=C(CNC(=O)OC(C)(C)C)B2OC(C)(C)C(C)(C)O2)ccc1F. The lowest BCUT2D eigenvalue weighted by Crippen LogP contribution is -2.41. The van der Waals surface area contributed by atoms with Crippen LogP contribution >= 0.6 is 0 Å². The predicted molar refractivity (Wildman–Crippen MR) is 107 cm³/mol. The number of ether oxygens (including phenoxy) is 1. The molecule has 1 aromatic rings. The molecule has 8 heteroatoms. The Hall–Kier alpha value is -1.93. The van der Waals surface area contributed by atoms with Crippen molar-refractivity contribution in [2.75, 3.05) is 6.54 Å². The second-order valence-electron chi connectivity index (χ2n) is 8.97. The number of hydrogen-bond donors (Lipinski definition) is 1. The maximum absolute atomic E-state index is 13.5. The number of aryl methyl sites for hydroxylation is 1. The summed E-state index contributed by atoms with van der Waals surface area (Å²) < 4.78 is 31.0. The Labute approximate surface area is 167 Å². The second kappa shape index (κ2) is 7.83. The summed E-state index contributed by atoms with van der Waals surface area (Å²) in [6.45, 7) is 14.9. The lowest BCUT2D eigenvalue weighted by Gasteiger charge is -2.32. The molecular formula is C20H30BFN2O4. The average molecular weight is 392 g/mol. The number of carbonyl (C=O) groups is 1. The highest BCUT2D eigenvalue weighted by atomic mass is 19.1. The van der Waals surface area contributed by atoms with Crippen LogP contribution < -0.4 is 5.32 Å². The van der Waals surface area contributed by atoms with Crippen molar-refractivity contribution in [3.05, 3.63) is 34.8 Å². The van der Waals surface area contributed by atoms with Crippen LogP contribution in [0.3, 0.4) is 0 Å². The van der Waals surface area contributed by atoms with Gasteiger partial charge in [0.25, 0.3) is 0 Å². The lowest BCUT2D eigenvalue weighted by atomic mass is 9.77. The monoisotopic (exact) mass is 392 g/mol. The largest absolute Gasteiger partial charge is 0.492 e. The molecule has 2 heterocycles. The molecule has 0 unspecified atom stereocenters. The van der Waals surface area contributed by atoms with E-state index < -0.39 is 30.0 Å². The van der Waals surface area contributed by atoms with Gasteiger partial charge in [0.2, 0.25) is 0 Å². The van der Waals surface area contributed by atoms with Crippen molar-refractivity contribution in [3.63, 3.8) is 0 Å². The molecule has 0 radical (unpaired) electrons. The van der Waals surface area contributed by atoms with Gasteiger partial charge < -0.3 is 19.4 Å². The van der Waals surface area contributed by atoms with Crippen molar-refractivity contribution in [3.8, 4) is 0 Å². The van der Waals surface area contributed by atoms with Crippen LogP contribution in [0, 0.1) is 12.7 Å². The van der Waals surface area contributed by atoms with E-state index in [1.54, 1.807) is 39.8 Å². The summed E-state index contributed by atoms with van der Waals surface area (Å²) in [4.78, 5) is 16.3. The molecule has 0 aliphatic carbocycles.